The summed E-state index contributed by atoms with van der Waals surface area (Å²) in [6, 6.07) is 13.8. The van der Waals surface area contributed by atoms with E-state index in [0.717, 1.165) is 16.9 Å². The van der Waals surface area contributed by atoms with Crippen molar-refractivity contribution in [2.75, 3.05) is 11.9 Å². The number of hydrogen-bond acceptors (Lipinski definition) is 5. The van der Waals surface area contributed by atoms with E-state index in [2.05, 4.69) is 31.3 Å². The molecular weight excluding hydrogens is 286 g/mol. The third-order valence-electron chi connectivity index (χ3n) is 4.70. The molecule has 1 atom stereocenters. The highest BCUT2D eigenvalue weighted by Crippen LogP contribution is 2.47. The molecule has 0 saturated carbocycles. The summed E-state index contributed by atoms with van der Waals surface area (Å²) in [6.45, 7) is 4.21. The number of hydrogen-bond donors (Lipinski definition) is 1. The molecule has 0 aliphatic carbocycles. The Morgan fingerprint density at radius 3 is 2.43 bits per heavy atom. The molecule has 1 aromatic carbocycles. The first kappa shape index (κ1) is 14.7. The average Bonchev–Trinajstić information content (AvgIpc) is 2.95. The number of fused-ring (bicyclic) bond motifs is 2. The average molecular weight is 301 g/mol. The van der Waals surface area contributed by atoms with E-state index in [4.69, 9.17) is 0 Å². The van der Waals surface area contributed by atoms with Crippen LogP contribution in [0.5, 0.6) is 0 Å². The van der Waals surface area contributed by atoms with Crippen molar-refractivity contribution in [1.29, 1.82) is 15.8 Å². The third-order valence-corrected chi connectivity index (χ3v) is 4.70. The van der Waals surface area contributed by atoms with Crippen molar-refractivity contribution in [3.63, 3.8) is 0 Å². The molecule has 2 aliphatic heterocycles. The summed E-state index contributed by atoms with van der Waals surface area (Å²) in [5.41, 5.74) is 3.39. The zero-order valence-electron chi connectivity index (χ0n) is 13.2. The van der Waals surface area contributed by atoms with Crippen LogP contribution in [0.1, 0.15) is 19.4 Å². The molecule has 3 rings (SSSR count). The fraction of sp³-hybridized carbons (Fsp3) is 0.278. The minimum absolute atomic E-state index is 0.0586. The maximum absolute atomic E-state index is 9.62. The highest BCUT2D eigenvalue weighted by atomic mass is 15.2. The maximum atomic E-state index is 9.62. The summed E-state index contributed by atoms with van der Waals surface area (Å²) < 4.78 is 0. The quantitative estimate of drug-likeness (QED) is 0.744. The van der Waals surface area contributed by atoms with Gasteiger partial charge in [0.05, 0.1) is 23.0 Å². The second-order valence-corrected chi connectivity index (χ2v) is 6.22. The van der Waals surface area contributed by atoms with Gasteiger partial charge in [0.25, 0.3) is 0 Å². The van der Waals surface area contributed by atoms with E-state index in [1.807, 2.05) is 42.3 Å². The van der Waals surface area contributed by atoms with Gasteiger partial charge < -0.3 is 10.2 Å². The van der Waals surface area contributed by atoms with Crippen LogP contribution in [0.15, 0.2) is 46.8 Å². The van der Waals surface area contributed by atoms with Crippen molar-refractivity contribution in [2.45, 2.75) is 25.3 Å². The van der Waals surface area contributed by atoms with Gasteiger partial charge in [-0.15, -0.1) is 0 Å². The van der Waals surface area contributed by atoms with Gasteiger partial charge in [0.2, 0.25) is 0 Å². The molecule has 0 radical (unpaired) electrons. The smallest absolute Gasteiger partial charge is 0.154 e. The largest absolute Gasteiger partial charge is 0.373 e. The molecule has 2 aliphatic rings. The molecule has 2 heterocycles. The Labute approximate surface area is 135 Å². The highest BCUT2D eigenvalue weighted by Gasteiger charge is 2.48. The van der Waals surface area contributed by atoms with E-state index in [-0.39, 0.29) is 17.0 Å². The minimum Gasteiger partial charge on any atom is -0.373 e. The predicted octanol–water partition coefficient (Wildman–Crippen LogP) is 2.46. The Morgan fingerprint density at radius 2 is 1.83 bits per heavy atom. The van der Waals surface area contributed by atoms with Crippen LogP contribution in [0.3, 0.4) is 0 Å². The first-order chi connectivity index (χ1) is 11.0. The van der Waals surface area contributed by atoms with Gasteiger partial charge in [0, 0.05) is 18.2 Å². The molecule has 0 amide bonds. The Balaban J connectivity index is 2.33. The topological polar surface area (TPSA) is 86.6 Å². The summed E-state index contributed by atoms with van der Waals surface area (Å²) in [5.74, 6) is 0. The van der Waals surface area contributed by atoms with Crippen molar-refractivity contribution < 1.29 is 0 Å². The van der Waals surface area contributed by atoms with E-state index in [9.17, 15) is 15.8 Å². The van der Waals surface area contributed by atoms with Crippen LogP contribution in [0.4, 0.5) is 5.69 Å². The van der Waals surface area contributed by atoms with Gasteiger partial charge >= 0.3 is 0 Å². The summed E-state index contributed by atoms with van der Waals surface area (Å²) >= 11 is 0. The van der Waals surface area contributed by atoms with Crippen molar-refractivity contribution >= 4 is 5.69 Å². The molecule has 0 saturated heterocycles. The lowest BCUT2D eigenvalue weighted by Crippen LogP contribution is -2.50. The van der Waals surface area contributed by atoms with E-state index >= 15 is 0 Å². The molecule has 0 bridgehead atoms. The summed E-state index contributed by atoms with van der Waals surface area (Å²) in [6.07, 6.45) is 0. The SMILES string of the molecule is CN1C2=C(C#N)C(=C(C#N)C#N)N[C@H]2C(C)(C)c2ccccc21. The van der Waals surface area contributed by atoms with Crippen LogP contribution in [0.2, 0.25) is 0 Å². The van der Waals surface area contributed by atoms with Gasteiger partial charge in [-0.25, -0.2) is 0 Å². The Morgan fingerprint density at radius 1 is 1.17 bits per heavy atom. The number of nitriles is 3. The second-order valence-electron chi connectivity index (χ2n) is 6.22. The number of benzene rings is 1. The van der Waals surface area contributed by atoms with Gasteiger partial charge in [-0.3, -0.25) is 0 Å². The lowest BCUT2D eigenvalue weighted by atomic mass is 9.73. The summed E-state index contributed by atoms with van der Waals surface area (Å²) in [7, 11) is 1.91. The van der Waals surface area contributed by atoms with Gasteiger partial charge in [0.1, 0.15) is 18.2 Å². The van der Waals surface area contributed by atoms with Gasteiger partial charge in [0.15, 0.2) is 5.57 Å². The van der Waals surface area contributed by atoms with Crippen LogP contribution in [0, 0.1) is 34.0 Å². The first-order valence-corrected chi connectivity index (χ1v) is 7.26. The van der Waals surface area contributed by atoms with Crippen LogP contribution in [-0.4, -0.2) is 13.1 Å². The Kier molecular flexibility index (Phi) is 3.13. The summed E-state index contributed by atoms with van der Waals surface area (Å²) in [4.78, 5) is 1.98. The predicted molar refractivity (Wildman–Crippen MR) is 85.7 cm³/mol. The lowest BCUT2D eigenvalue weighted by molar-refractivity contribution is 0.400. The molecule has 0 aromatic heterocycles. The fourth-order valence-corrected chi connectivity index (χ4v) is 3.48. The van der Waals surface area contributed by atoms with Crippen LogP contribution in [0.25, 0.3) is 0 Å². The number of likely N-dealkylation sites (N-methyl/N-ethyl adjacent to an activating group) is 1. The van der Waals surface area contributed by atoms with E-state index < -0.39 is 0 Å². The first-order valence-electron chi connectivity index (χ1n) is 7.26. The van der Waals surface area contributed by atoms with Gasteiger partial charge in [-0.2, -0.15) is 15.8 Å². The molecule has 0 spiro atoms. The third kappa shape index (κ3) is 1.83. The minimum atomic E-state index is -0.279. The molecule has 112 valence electrons. The van der Waals surface area contributed by atoms with Crippen molar-refractivity contribution in [1.82, 2.24) is 5.32 Å². The molecule has 0 unspecified atom stereocenters. The van der Waals surface area contributed by atoms with E-state index in [1.54, 1.807) is 0 Å². The van der Waals surface area contributed by atoms with Crippen LogP contribution >= 0.6 is 0 Å². The van der Waals surface area contributed by atoms with Crippen molar-refractivity contribution in [2.24, 2.45) is 0 Å². The number of para-hydroxylation sites is 1. The lowest BCUT2D eigenvalue weighted by Gasteiger charge is -2.44. The van der Waals surface area contributed by atoms with Crippen molar-refractivity contribution in [3.8, 4) is 18.2 Å². The van der Waals surface area contributed by atoms with Crippen molar-refractivity contribution in [3.05, 3.63) is 52.4 Å². The van der Waals surface area contributed by atoms with Crippen LogP contribution < -0.4 is 10.2 Å². The van der Waals surface area contributed by atoms with Gasteiger partial charge in [-0.1, -0.05) is 32.0 Å². The molecule has 1 aromatic rings. The monoisotopic (exact) mass is 301 g/mol. The summed E-state index contributed by atoms with van der Waals surface area (Å²) in [5, 5.41) is 31.3. The number of anilines is 1. The second kappa shape index (κ2) is 4.90. The van der Waals surface area contributed by atoms with Crippen LogP contribution in [-0.2, 0) is 5.41 Å². The maximum Gasteiger partial charge on any atom is 0.154 e. The molecule has 23 heavy (non-hydrogen) atoms. The molecule has 1 N–H and O–H groups in total. The van der Waals surface area contributed by atoms with Gasteiger partial charge in [-0.05, 0) is 11.6 Å². The molecule has 5 nitrogen and oxygen atoms in total. The van der Waals surface area contributed by atoms with E-state index in [0.29, 0.717) is 11.3 Å². The Hall–Kier alpha value is -3.23. The molecule has 5 heteroatoms. The standard InChI is InChI=1S/C18H15N5/c1-18(2)13-6-4-5-7-14(13)23(3)16-12(10-21)15(22-17(16)18)11(8-19)9-20/h4-7,17,22H,1-3H3/t17-/m1/s1. The number of nitrogens with zero attached hydrogens (tertiary/aromatic N) is 4. The molecule has 0 fully saturated rings. The number of rotatable bonds is 0. The normalized spacial score (nSPS) is 20.6. The number of nitrogens with one attached hydrogen (secondary N) is 1. The number of allylic oxidation sites excluding steroid dienone is 2. The highest BCUT2D eigenvalue weighted by molar-refractivity contribution is 5.72. The van der Waals surface area contributed by atoms with E-state index in [1.165, 1.54) is 0 Å². The zero-order valence-corrected chi connectivity index (χ0v) is 13.2. The fourth-order valence-electron chi connectivity index (χ4n) is 3.48. The zero-order chi connectivity index (χ0) is 16.8. The molecular formula is C18H15N5. The Bertz CT molecular complexity index is 867.